The van der Waals surface area contributed by atoms with Crippen LogP contribution < -0.4 is 5.73 Å². The molecule has 34 heavy (non-hydrogen) atoms. The summed E-state index contributed by atoms with van der Waals surface area (Å²) in [4.78, 5) is 7.87. The largest absolute Gasteiger partial charge is 0.399 e. The van der Waals surface area contributed by atoms with Crippen LogP contribution in [0.4, 0.5) is 10.1 Å². The van der Waals surface area contributed by atoms with Crippen LogP contribution in [-0.4, -0.2) is 46.9 Å². The summed E-state index contributed by atoms with van der Waals surface area (Å²) < 4.78 is 20.4. The summed E-state index contributed by atoms with van der Waals surface area (Å²) in [6.07, 6.45) is 5.63. The van der Waals surface area contributed by atoms with Gasteiger partial charge in [-0.1, -0.05) is 36.4 Å². The Morgan fingerprint density at radius 3 is 2.29 bits per heavy atom. The minimum atomic E-state index is -0.356. The van der Waals surface area contributed by atoms with E-state index in [9.17, 15) is 9.50 Å². The van der Waals surface area contributed by atoms with E-state index in [1.54, 1.807) is 11.8 Å². The number of hydrogen-bond donors (Lipinski definition) is 3. The SMILES string of the molecule is CSC.Nc1ccc(-c2ccc(-c3nc4cc(CC5COC(CO)C5)[nH]c4cc3F)cc2)cc1. The van der Waals surface area contributed by atoms with E-state index in [2.05, 4.69) is 9.97 Å². The fraction of sp³-hybridized carbons (Fsp3) is 0.296. The lowest BCUT2D eigenvalue weighted by Crippen LogP contribution is -2.10. The van der Waals surface area contributed by atoms with E-state index in [1.165, 1.54) is 6.07 Å². The van der Waals surface area contributed by atoms with Gasteiger partial charge in [-0.2, -0.15) is 11.8 Å². The fourth-order valence-corrected chi connectivity index (χ4v) is 4.26. The van der Waals surface area contributed by atoms with Crippen molar-refractivity contribution in [3.63, 3.8) is 0 Å². The predicted molar refractivity (Wildman–Crippen MR) is 139 cm³/mol. The summed E-state index contributed by atoms with van der Waals surface area (Å²) in [5.41, 5.74) is 12.1. The maximum atomic E-state index is 14.8. The second-order valence-electron chi connectivity index (χ2n) is 8.60. The highest BCUT2D eigenvalue weighted by Crippen LogP contribution is 2.29. The Morgan fingerprint density at radius 1 is 1.06 bits per heavy atom. The number of anilines is 1. The summed E-state index contributed by atoms with van der Waals surface area (Å²) in [5.74, 6) is -0.0129. The molecular formula is C27H30FN3O2S. The van der Waals surface area contributed by atoms with Gasteiger partial charge in [0, 0.05) is 23.0 Å². The van der Waals surface area contributed by atoms with Crippen LogP contribution in [0.5, 0.6) is 0 Å². The molecule has 1 saturated heterocycles. The number of aliphatic hydroxyl groups excluding tert-OH is 1. The zero-order chi connectivity index (χ0) is 24.1. The molecule has 0 saturated carbocycles. The lowest BCUT2D eigenvalue weighted by molar-refractivity contribution is 0.0573. The zero-order valence-corrected chi connectivity index (χ0v) is 20.2. The highest BCUT2D eigenvalue weighted by atomic mass is 32.2. The van der Waals surface area contributed by atoms with Crippen molar-refractivity contribution in [1.29, 1.82) is 0 Å². The molecule has 178 valence electrons. The van der Waals surface area contributed by atoms with Crippen molar-refractivity contribution in [2.75, 3.05) is 31.5 Å². The Bertz CT molecular complexity index is 1230. The van der Waals surface area contributed by atoms with Crippen molar-refractivity contribution in [2.24, 2.45) is 5.92 Å². The Balaban J connectivity index is 0.000000868. The molecule has 5 rings (SSSR count). The number of thioether (sulfide) groups is 1. The van der Waals surface area contributed by atoms with E-state index in [0.717, 1.165) is 46.4 Å². The number of nitrogen functional groups attached to an aromatic ring is 1. The Morgan fingerprint density at radius 2 is 1.68 bits per heavy atom. The normalized spacial score (nSPS) is 17.5. The number of pyridine rings is 1. The Hall–Kier alpha value is -2.87. The van der Waals surface area contributed by atoms with Gasteiger partial charge >= 0.3 is 0 Å². The lowest BCUT2D eigenvalue weighted by atomic mass is 10.0. The highest BCUT2D eigenvalue weighted by Gasteiger charge is 2.25. The van der Waals surface area contributed by atoms with Crippen LogP contribution in [0.1, 0.15) is 12.1 Å². The maximum Gasteiger partial charge on any atom is 0.151 e. The van der Waals surface area contributed by atoms with Crippen LogP contribution in [0.25, 0.3) is 33.4 Å². The molecule has 0 amide bonds. The number of hydrogen-bond acceptors (Lipinski definition) is 5. The second kappa shape index (κ2) is 11.0. The molecule has 2 aromatic heterocycles. The number of nitrogens with one attached hydrogen (secondary N) is 1. The van der Waals surface area contributed by atoms with Crippen LogP contribution in [0.15, 0.2) is 60.7 Å². The van der Waals surface area contributed by atoms with E-state index in [-0.39, 0.29) is 18.5 Å². The molecule has 1 aliphatic heterocycles. The minimum absolute atomic E-state index is 0.0520. The molecule has 2 unspecified atom stereocenters. The van der Waals surface area contributed by atoms with Gasteiger partial charge in [-0.3, -0.25) is 0 Å². The van der Waals surface area contributed by atoms with E-state index in [4.69, 9.17) is 10.5 Å². The van der Waals surface area contributed by atoms with Crippen molar-refractivity contribution in [1.82, 2.24) is 9.97 Å². The van der Waals surface area contributed by atoms with Gasteiger partial charge in [0.1, 0.15) is 5.69 Å². The van der Waals surface area contributed by atoms with Crippen molar-refractivity contribution in [3.8, 4) is 22.4 Å². The summed E-state index contributed by atoms with van der Waals surface area (Å²) >= 11 is 1.75. The number of aromatic nitrogens is 2. The van der Waals surface area contributed by atoms with Gasteiger partial charge in [-0.15, -0.1) is 0 Å². The predicted octanol–water partition coefficient (Wildman–Crippen LogP) is 5.54. The van der Waals surface area contributed by atoms with Crippen molar-refractivity contribution in [3.05, 3.63) is 72.2 Å². The van der Waals surface area contributed by atoms with Crippen molar-refractivity contribution in [2.45, 2.75) is 18.9 Å². The third-order valence-electron chi connectivity index (χ3n) is 5.89. The number of aliphatic hydroxyl groups is 1. The first-order valence-electron chi connectivity index (χ1n) is 11.3. The molecule has 4 aromatic rings. The standard InChI is InChI=1S/C25H24FN3O2.C2H6S/c26-22-12-24-23(11-20(28-24)9-15-10-21(13-30)31-14-15)29-25(22)18-3-1-16(2-4-18)17-5-7-19(27)8-6-17;1-3-2/h1-8,11-12,15,21,28,30H,9-10,13-14,27H2;1-2H3. The van der Waals surface area contributed by atoms with Gasteiger partial charge in [0.25, 0.3) is 0 Å². The number of aromatic amines is 1. The number of ether oxygens (including phenoxy) is 1. The van der Waals surface area contributed by atoms with Crippen LogP contribution in [0, 0.1) is 11.7 Å². The number of fused-ring (bicyclic) bond motifs is 1. The minimum Gasteiger partial charge on any atom is -0.399 e. The average molecular weight is 480 g/mol. The smallest absolute Gasteiger partial charge is 0.151 e. The molecule has 1 fully saturated rings. The van der Waals surface area contributed by atoms with Crippen molar-refractivity contribution < 1.29 is 14.2 Å². The third kappa shape index (κ3) is 5.60. The summed E-state index contributed by atoms with van der Waals surface area (Å²) in [6.45, 7) is 0.685. The molecule has 0 spiro atoms. The maximum absolute atomic E-state index is 14.8. The number of halogens is 1. The fourth-order valence-electron chi connectivity index (χ4n) is 4.26. The third-order valence-corrected chi connectivity index (χ3v) is 5.89. The number of nitrogens with two attached hydrogens (primary N) is 1. The summed E-state index contributed by atoms with van der Waals surface area (Å²) in [7, 11) is 0. The summed E-state index contributed by atoms with van der Waals surface area (Å²) in [5, 5.41) is 9.24. The first-order chi connectivity index (χ1) is 16.5. The van der Waals surface area contributed by atoms with Crippen LogP contribution >= 0.6 is 11.8 Å². The van der Waals surface area contributed by atoms with Crippen molar-refractivity contribution >= 4 is 28.5 Å². The number of H-pyrrole nitrogens is 1. The molecule has 4 N–H and O–H groups in total. The Kier molecular flexibility index (Phi) is 7.88. The molecule has 2 aromatic carbocycles. The van der Waals surface area contributed by atoms with Gasteiger partial charge in [0.05, 0.1) is 30.4 Å². The molecule has 2 atom stereocenters. The Labute approximate surface area is 203 Å². The van der Waals surface area contributed by atoms with Gasteiger partial charge in [0.15, 0.2) is 5.82 Å². The molecule has 7 heteroatoms. The zero-order valence-electron chi connectivity index (χ0n) is 19.4. The van der Waals surface area contributed by atoms with Crippen LogP contribution in [0.2, 0.25) is 0 Å². The number of rotatable bonds is 5. The van der Waals surface area contributed by atoms with Crippen LogP contribution in [0.3, 0.4) is 0 Å². The van der Waals surface area contributed by atoms with Crippen LogP contribution in [-0.2, 0) is 11.2 Å². The molecule has 0 aliphatic carbocycles. The molecular weight excluding hydrogens is 449 g/mol. The topological polar surface area (TPSA) is 84.2 Å². The molecule has 5 nitrogen and oxygen atoms in total. The van der Waals surface area contributed by atoms with E-state index >= 15 is 0 Å². The van der Waals surface area contributed by atoms with E-state index < -0.39 is 0 Å². The highest BCUT2D eigenvalue weighted by molar-refractivity contribution is 7.97. The van der Waals surface area contributed by atoms with Gasteiger partial charge in [-0.25, -0.2) is 9.37 Å². The second-order valence-corrected chi connectivity index (χ2v) is 9.41. The number of nitrogens with zero attached hydrogens (tertiary/aromatic N) is 1. The quantitative estimate of drug-likeness (QED) is 0.328. The first kappa shape index (κ1) is 24.3. The molecule has 0 bridgehead atoms. The lowest BCUT2D eigenvalue weighted by Gasteiger charge is -2.06. The van der Waals surface area contributed by atoms with E-state index in [1.807, 2.05) is 67.1 Å². The molecule has 1 aliphatic rings. The molecule has 3 heterocycles. The molecule has 0 radical (unpaired) electrons. The first-order valence-corrected chi connectivity index (χ1v) is 12.9. The van der Waals surface area contributed by atoms with Gasteiger partial charge in [0.2, 0.25) is 0 Å². The van der Waals surface area contributed by atoms with E-state index in [0.29, 0.717) is 23.7 Å². The number of benzene rings is 2. The monoisotopic (exact) mass is 479 g/mol. The summed E-state index contributed by atoms with van der Waals surface area (Å²) in [6, 6.07) is 18.9. The van der Waals surface area contributed by atoms with Gasteiger partial charge < -0.3 is 20.6 Å². The van der Waals surface area contributed by atoms with Gasteiger partial charge in [-0.05, 0) is 60.6 Å². The average Bonchev–Trinajstić information content (AvgIpc) is 3.45.